The summed E-state index contributed by atoms with van der Waals surface area (Å²) < 4.78 is 0. The third-order valence-corrected chi connectivity index (χ3v) is 5.27. The van der Waals surface area contributed by atoms with Crippen LogP contribution in [0.2, 0.25) is 10.0 Å². The number of nitrogens with zero attached hydrogens (tertiary/aromatic N) is 1. The highest BCUT2D eigenvalue weighted by atomic mass is 35.5. The first-order valence-electron chi connectivity index (χ1n) is 8.80. The topological polar surface area (TPSA) is 57.8 Å². The molecule has 2 N–H and O–H groups in total. The van der Waals surface area contributed by atoms with Crippen molar-refractivity contribution < 1.29 is 4.79 Å². The zero-order valence-corrected chi connectivity index (χ0v) is 16.6. The molecule has 140 valence electrons. The Labute approximate surface area is 172 Å². The second-order valence-corrected chi connectivity index (χ2v) is 7.34. The Morgan fingerprint density at radius 2 is 1.79 bits per heavy atom. The Kier molecular flexibility index (Phi) is 5.07. The van der Waals surface area contributed by atoms with Crippen molar-refractivity contribution in [2.24, 2.45) is 0 Å². The third kappa shape index (κ3) is 3.61. The number of nitrogens with one attached hydrogen (secondary N) is 2. The van der Waals surface area contributed by atoms with Crippen molar-refractivity contribution in [1.82, 2.24) is 15.3 Å². The third-order valence-electron chi connectivity index (χ3n) is 4.64. The number of carbonyl (C=O) groups excluding carboxylic acids is 1. The SMILES string of the molecule is Cc1ccccc1CNC(=O)c1ccc2nc(-c3c(Cl)cccc3Cl)[nH]c2c1. The standard InChI is InChI=1S/C22H17Cl2N3O/c1-13-5-2-3-6-15(13)12-25-22(28)14-9-10-18-19(11-14)27-21(26-18)20-16(23)7-4-8-17(20)24/h2-11H,12H2,1H3,(H,25,28)(H,26,27). The Morgan fingerprint density at radius 1 is 1.04 bits per heavy atom. The van der Waals surface area contributed by atoms with E-state index >= 15 is 0 Å². The average Bonchev–Trinajstić information content (AvgIpc) is 3.09. The fraction of sp³-hybridized carbons (Fsp3) is 0.0909. The largest absolute Gasteiger partial charge is 0.348 e. The minimum Gasteiger partial charge on any atom is -0.348 e. The minimum absolute atomic E-state index is 0.142. The normalized spacial score (nSPS) is 11.0. The lowest BCUT2D eigenvalue weighted by molar-refractivity contribution is 0.0951. The fourth-order valence-corrected chi connectivity index (χ4v) is 3.66. The number of halogens is 2. The van der Waals surface area contributed by atoms with Crippen molar-refractivity contribution >= 4 is 40.1 Å². The molecule has 6 heteroatoms. The molecule has 1 amide bonds. The van der Waals surface area contributed by atoms with E-state index in [1.54, 1.807) is 30.3 Å². The van der Waals surface area contributed by atoms with E-state index in [0.717, 1.165) is 22.2 Å². The van der Waals surface area contributed by atoms with Crippen LogP contribution in [0.25, 0.3) is 22.4 Å². The van der Waals surface area contributed by atoms with Crippen LogP contribution in [0.5, 0.6) is 0 Å². The maximum absolute atomic E-state index is 12.6. The van der Waals surface area contributed by atoms with Crippen LogP contribution >= 0.6 is 23.2 Å². The molecule has 0 spiro atoms. The first-order chi connectivity index (χ1) is 13.5. The zero-order valence-electron chi connectivity index (χ0n) is 15.1. The summed E-state index contributed by atoms with van der Waals surface area (Å²) in [6, 6.07) is 18.6. The van der Waals surface area contributed by atoms with Crippen LogP contribution < -0.4 is 5.32 Å². The van der Waals surface area contributed by atoms with Crippen LogP contribution in [0.3, 0.4) is 0 Å². The first kappa shape index (κ1) is 18.5. The van der Waals surface area contributed by atoms with E-state index in [2.05, 4.69) is 15.3 Å². The van der Waals surface area contributed by atoms with E-state index < -0.39 is 0 Å². The van der Waals surface area contributed by atoms with E-state index in [1.165, 1.54) is 0 Å². The lowest BCUT2D eigenvalue weighted by Crippen LogP contribution is -2.23. The summed E-state index contributed by atoms with van der Waals surface area (Å²) in [7, 11) is 0. The van der Waals surface area contributed by atoms with Gasteiger partial charge in [0.2, 0.25) is 0 Å². The zero-order chi connectivity index (χ0) is 19.7. The number of benzene rings is 3. The maximum atomic E-state index is 12.6. The molecule has 4 nitrogen and oxygen atoms in total. The van der Waals surface area contributed by atoms with Gasteiger partial charge in [-0.15, -0.1) is 0 Å². The average molecular weight is 410 g/mol. The second-order valence-electron chi connectivity index (χ2n) is 6.52. The highest BCUT2D eigenvalue weighted by Gasteiger charge is 2.14. The van der Waals surface area contributed by atoms with Crippen LogP contribution in [0.1, 0.15) is 21.5 Å². The Balaban J connectivity index is 1.60. The number of hydrogen-bond acceptors (Lipinski definition) is 2. The van der Waals surface area contributed by atoms with Gasteiger partial charge >= 0.3 is 0 Å². The smallest absolute Gasteiger partial charge is 0.251 e. The summed E-state index contributed by atoms with van der Waals surface area (Å²) in [5.41, 5.74) is 4.92. The molecule has 0 aliphatic heterocycles. The van der Waals surface area contributed by atoms with Crippen molar-refractivity contribution in [1.29, 1.82) is 0 Å². The predicted molar refractivity (Wildman–Crippen MR) is 114 cm³/mol. The van der Waals surface area contributed by atoms with E-state index in [-0.39, 0.29) is 5.91 Å². The maximum Gasteiger partial charge on any atom is 0.251 e. The molecule has 1 heterocycles. The Bertz CT molecular complexity index is 1160. The molecule has 3 aromatic carbocycles. The molecule has 0 radical (unpaired) electrons. The van der Waals surface area contributed by atoms with Crippen molar-refractivity contribution in [3.05, 3.63) is 87.4 Å². The van der Waals surface area contributed by atoms with Crippen LogP contribution in [0, 0.1) is 6.92 Å². The number of aromatic amines is 1. The van der Waals surface area contributed by atoms with Gasteiger partial charge in [0.1, 0.15) is 5.82 Å². The van der Waals surface area contributed by atoms with E-state index in [0.29, 0.717) is 33.5 Å². The lowest BCUT2D eigenvalue weighted by Gasteiger charge is -2.08. The summed E-state index contributed by atoms with van der Waals surface area (Å²) >= 11 is 12.6. The van der Waals surface area contributed by atoms with Gasteiger partial charge in [-0.3, -0.25) is 4.79 Å². The quantitative estimate of drug-likeness (QED) is 0.448. The molecule has 1 aromatic heterocycles. The van der Waals surface area contributed by atoms with Crippen LogP contribution in [-0.4, -0.2) is 15.9 Å². The second kappa shape index (κ2) is 7.66. The van der Waals surface area contributed by atoms with Gasteiger partial charge in [0.25, 0.3) is 5.91 Å². The minimum atomic E-state index is -0.142. The molecule has 28 heavy (non-hydrogen) atoms. The summed E-state index contributed by atoms with van der Waals surface area (Å²) in [5, 5.41) is 3.99. The molecule has 0 saturated carbocycles. The molecule has 0 bridgehead atoms. The number of aryl methyl sites for hydroxylation is 1. The molecular weight excluding hydrogens is 393 g/mol. The van der Waals surface area contributed by atoms with Crippen LogP contribution in [0.15, 0.2) is 60.7 Å². The number of imidazole rings is 1. The Hall–Kier alpha value is -2.82. The number of aromatic nitrogens is 2. The van der Waals surface area contributed by atoms with E-state index in [4.69, 9.17) is 23.2 Å². The number of carbonyl (C=O) groups is 1. The Morgan fingerprint density at radius 3 is 2.54 bits per heavy atom. The van der Waals surface area contributed by atoms with Crippen LogP contribution in [-0.2, 0) is 6.54 Å². The molecule has 0 unspecified atom stereocenters. The number of rotatable bonds is 4. The number of fused-ring (bicyclic) bond motifs is 1. The van der Waals surface area contributed by atoms with Crippen molar-refractivity contribution in [3.8, 4) is 11.4 Å². The molecular formula is C22H17Cl2N3O. The van der Waals surface area contributed by atoms with E-state index in [1.807, 2.05) is 37.3 Å². The molecule has 0 fully saturated rings. The number of hydrogen-bond donors (Lipinski definition) is 2. The molecule has 0 aliphatic rings. The number of amides is 1. The summed E-state index contributed by atoms with van der Waals surface area (Å²) in [6.45, 7) is 2.51. The van der Waals surface area contributed by atoms with Gasteiger partial charge in [0.05, 0.1) is 26.6 Å². The molecule has 0 aliphatic carbocycles. The predicted octanol–water partition coefficient (Wildman–Crippen LogP) is 5.78. The van der Waals surface area contributed by atoms with Gasteiger partial charge in [-0.05, 0) is 48.4 Å². The summed E-state index contributed by atoms with van der Waals surface area (Å²) in [6.07, 6.45) is 0. The first-order valence-corrected chi connectivity index (χ1v) is 9.55. The van der Waals surface area contributed by atoms with Crippen LogP contribution in [0.4, 0.5) is 0 Å². The van der Waals surface area contributed by atoms with Gasteiger partial charge < -0.3 is 10.3 Å². The highest BCUT2D eigenvalue weighted by Crippen LogP contribution is 2.33. The molecule has 4 aromatic rings. The van der Waals surface area contributed by atoms with Gasteiger partial charge in [-0.2, -0.15) is 0 Å². The van der Waals surface area contributed by atoms with Crippen molar-refractivity contribution in [2.45, 2.75) is 13.5 Å². The summed E-state index contributed by atoms with van der Waals surface area (Å²) in [5.74, 6) is 0.431. The monoisotopic (exact) mass is 409 g/mol. The van der Waals surface area contributed by atoms with Gasteiger partial charge in [0.15, 0.2) is 0 Å². The van der Waals surface area contributed by atoms with E-state index in [9.17, 15) is 4.79 Å². The van der Waals surface area contributed by atoms with Crippen molar-refractivity contribution in [2.75, 3.05) is 0 Å². The van der Waals surface area contributed by atoms with Gasteiger partial charge in [-0.25, -0.2) is 4.98 Å². The molecule has 0 atom stereocenters. The molecule has 4 rings (SSSR count). The number of H-pyrrole nitrogens is 1. The molecule has 0 saturated heterocycles. The van der Waals surface area contributed by atoms with Gasteiger partial charge in [-0.1, -0.05) is 53.5 Å². The summed E-state index contributed by atoms with van der Waals surface area (Å²) in [4.78, 5) is 20.3. The van der Waals surface area contributed by atoms with Crippen molar-refractivity contribution in [3.63, 3.8) is 0 Å². The lowest BCUT2D eigenvalue weighted by atomic mass is 10.1. The highest BCUT2D eigenvalue weighted by molar-refractivity contribution is 6.39. The van der Waals surface area contributed by atoms with Gasteiger partial charge in [0, 0.05) is 12.1 Å². The fourth-order valence-electron chi connectivity index (χ4n) is 3.08.